The lowest BCUT2D eigenvalue weighted by Crippen LogP contribution is -2.23. The number of anilines is 1. The maximum atomic E-state index is 13.3. The van der Waals surface area contributed by atoms with Crippen LogP contribution in [0.4, 0.5) is 10.1 Å². The van der Waals surface area contributed by atoms with Gasteiger partial charge in [-0.1, -0.05) is 11.6 Å². The first-order chi connectivity index (χ1) is 7.47. The maximum absolute atomic E-state index is 13.3. The van der Waals surface area contributed by atoms with Gasteiger partial charge in [-0.3, -0.25) is 0 Å². The number of halogens is 3. The highest BCUT2D eigenvalue weighted by atomic mass is 79.9. The molecule has 0 bridgehead atoms. The van der Waals surface area contributed by atoms with E-state index in [9.17, 15) is 9.50 Å². The standard InChI is InChI=1S/C10H12BrClFNO2/c1-5-8(13)2-7(12)10(9(5)11)14-3-6(16)4-15/h2,6,14-16H,3-4H2,1H3. The number of nitrogens with one attached hydrogen (secondary N) is 1. The summed E-state index contributed by atoms with van der Waals surface area (Å²) in [5, 5.41) is 20.9. The molecule has 0 aliphatic rings. The van der Waals surface area contributed by atoms with Gasteiger partial charge in [-0.25, -0.2) is 4.39 Å². The number of benzene rings is 1. The van der Waals surface area contributed by atoms with E-state index < -0.39 is 11.9 Å². The Morgan fingerprint density at radius 2 is 2.25 bits per heavy atom. The first-order valence-electron chi connectivity index (χ1n) is 4.64. The number of aliphatic hydroxyl groups excluding tert-OH is 2. The molecule has 3 nitrogen and oxygen atoms in total. The predicted octanol–water partition coefficient (Wildman–Crippen LogP) is 2.32. The van der Waals surface area contributed by atoms with Gasteiger partial charge in [0.1, 0.15) is 5.82 Å². The van der Waals surface area contributed by atoms with E-state index in [0.717, 1.165) is 0 Å². The number of hydrogen-bond donors (Lipinski definition) is 3. The lowest BCUT2D eigenvalue weighted by molar-refractivity contribution is 0.105. The maximum Gasteiger partial charge on any atom is 0.128 e. The lowest BCUT2D eigenvalue weighted by Gasteiger charge is -2.15. The Balaban J connectivity index is 2.92. The van der Waals surface area contributed by atoms with Crippen molar-refractivity contribution in [3.8, 4) is 0 Å². The van der Waals surface area contributed by atoms with E-state index in [1.165, 1.54) is 6.07 Å². The van der Waals surface area contributed by atoms with Crippen LogP contribution in [0.5, 0.6) is 0 Å². The summed E-state index contributed by atoms with van der Waals surface area (Å²) in [5.41, 5.74) is 0.943. The molecule has 0 aromatic heterocycles. The van der Waals surface area contributed by atoms with Gasteiger partial charge in [0, 0.05) is 16.6 Å². The van der Waals surface area contributed by atoms with E-state index in [2.05, 4.69) is 21.2 Å². The third-order valence-corrected chi connectivity index (χ3v) is 3.41. The summed E-state index contributed by atoms with van der Waals surface area (Å²) in [7, 11) is 0. The van der Waals surface area contributed by atoms with Crippen molar-refractivity contribution >= 4 is 33.2 Å². The van der Waals surface area contributed by atoms with Crippen LogP contribution in [0.1, 0.15) is 5.56 Å². The topological polar surface area (TPSA) is 52.5 Å². The van der Waals surface area contributed by atoms with Crippen LogP contribution in [0.2, 0.25) is 5.02 Å². The minimum Gasteiger partial charge on any atom is -0.394 e. The van der Waals surface area contributed by atoms with Gasteiger partial charge in [-0.05, 0) is 28.9 Å². The van der Waals surface area contributed by atoms with Gasteiger partial charge in [-0.2, -0.15) is 0 Å². The molecule has 1 unspecified atom stereocenters. The molecule has 0 radical (unpaired) electrons. The Kier molecular flexibility index (Phi) is 4.98. The summed E-state index contributed by atoms with van der Waals surface area (Å²) < 4.78 is 13.8. The highest BCUT2D eigenvalue weighted by molar-refractivity contribution is 9.10. The average molecular weight is 313 g/mol. The molecule has 0 fully saturated rings. The summed E-state index contributed by atoms with van der Waals surface area (Å²) in [5.74, 6) is -0.398. The molecule has 16 heavy (non-hydrogen) atoms. The Labute approximate surface area is 106 Å². The molecule has 1 aromatic rings. The summed E-state index contributed by atoms with van der Waals surface area (Å²) in [6, 6.07) is 1.20. The van der Waals surface area contributed by atoms with Crippen molar-refractivity contribution in [1.82, 2.24) is 0 Å². The van der Waals surface area contributed by atoms with Crippen LogP contribution >= 0.6 is 27.5 Å². The van der Waals surface area contributed by atoms with E-state index in [-0.39, 0.29) is 18.2 Å². The lowest BCUT2D eigenvalue weighted by atomic mass is 10.2. The predicted molar refractivity (Wildman–Crippen MR) is 65.4 cm³/mol. The fraction of sp³-hybridized carbons (Fsp3) is 0.400. The highest BCUT2D eigenvalue weighted by Gasteiger charge is 2.13. The van der Waals surface area contributed by atoms with Crippen molar-refractivity contribution in [2.24, 2.45) is 0 Å². The van der Waals surface area contributed by atoms with Crippen LogP contribution in [-0.4, -0.2) is 29.5 Å². The molecule has 0 aliphatic carbocycles. The van der Waals surface area contributed by atoms with Gasteiger partial charge in [0.05, 0.1) is 23.4 Å². The Hall–Kier alpha value is -0.360. The molecule has 6 heteroatoms. The molecular weight excluding hydrogens is 300 g/mol. The minimum absolute atomic E-state index is 0.139. The molecular formula is C10H12BrClFNO2. The van der Waals surface area contributed by atoms with E-state index >= 15 is 0 Å². The fourth-order valence-electron chi connectivity index (χ4n) is 1.14. The minimum atomic E-state index is -0.881. The zero-order chi connectivity index (χ0) is 12.3. The number of rotatable bonds is 4. The number of hydrogen-bond acceptors (Lipinski definition) is 3. The molecule has 3 N–H and O–H groups in total. The molecule has 1 rings (SSSR count). The number of aliphatic hydroxyl groups is 2. The Bertz CT molecular complexity index is 390. The molecule has 0 heterocycles. The van der Waals surface area contributed by atoms with E-state index in [4.69, 9.17) is 16.7 Å². The van der Waals surface area contributed by atoms with Gasteiger partial charge in [0.25, 0.3) is 0 Å². The third kappa shape index (κ3) is 3.07. The van der Waals surface area contributed by atoms with Crippen molar-refractivity contribution in [2.75, 3.05) is 18.5 Å². The molecule has 1 atom stereocenters. The second-order valence-electron chi connectivity index (χ2n) is 3.37. The molecule has 0 saturated carbocycles. The third-order valence-electron chi connectivity index (χ3n) is 2.12. The monoisotopic (exact) mass is 311 g/mol. The van der Waals surface area contributed by atoms with E-state index in [1.807, 2.05) is 0 Å². The van der Waals surface area contributed by atoms with Crippen LogP contribution in [0, 0.1) is 12.7 Å². The Morgan fingerprint density at radius 3 is 2.81 bits per heavy atom. The van der Waals surface area contributed by atoms with Crippen LogP contribution in [0.3, 0.4) is 0 Å². The largest absolute Gasteiger partial charge is 0.394 e. The van der Waals surface area contributed by atoms with Gasteiger partial charge >= 0.3 is 0 Å². The van der Waals surface area contributed by atoms with Crippen LogP contribution in [0.25, 0.3) is 0 Å². The first-order valence-corrected chi connectivity index (χ1v) is 5.81. The second kappa shape index (κ2) is 5.82. The van der Waals surface area contributed by atoms with Gasteiger partial charge in [0.15, 0.2) is 0 Å². The van der Waals surface area contributed by atoms with Crippen molar-refractivity contribution in [1.29, 1.82) is 0 Å². The van der Waals surface area contributed by atoms with Crippen LogP contribution < -0.4 is 5.32 Å². The molecule has 90 valence electrons. The summed E-state index contributed by atoms with van der Waals surface area (Å²) in [4.78, 5) is 0. The zero-order valence-electron chi connectivity index (χ0n) is 8.60. The zero-order valence-corrected chi connectivity index (χ0v) is 10.9. The van der Waals surface area contributed by atoms with Crippen molar-refractivity contribution in [3.05, 3.63) is 26.9 Å². The highest BCUT2D eigenvalue weighted by Crippen LogP contribution is 2.34. The molecule has 1 aromatic carbocycles. The molecule has 0 amide bonds. The molecule has 0 aliphatic heterocycles. The van der Waals surface area contributed by atoms with Crippen molar-refractivity contribution in [3.63, 3.8) is 0 Å². The SMILES string of the molecule is Cc1c(F)cc(Cl)c(NCC(O)CO)c1Br. The quantitative estimate of drug-likeness (QED) is 0.800. The summed E-state index contributed by atoms with van der Waals surface area (Å²) in [6.45, 7) is 1.41. The van der Waals surface area contributed by atoms with Gasteiger partial charge < -0.3 is 15.5 Å². The summed E-state index contributed by atoms with van der Waals surface area (Å²) in [6.07, 6.45) is -0.881. The molecule has 0 spiro atoms. The molecule has 0 saturated heterocycles. The van der Waals surface area contributed by atoms with Crippen LogP contribution in [-0.2, 0) is 0 Å². The van der Waals surface area contributed by atoms with Crippen LogP contribution in [0.15, 0.2) is 10.5 Å². The average Bonchev–Trinajstić information content (AvgIpc) is 2.25. The summed E-state index contributed by atoms with van der Waals surface area (Å²) >= 11 is 9.08. The van der Waals surface area contributed by atoms with Crippen molar-refractivity contribution in [2.45, 2.75) is 13.0 Å². The van der Waals surface area contributed by atoms with Crippen molar-refractivity contribution < 1.29 is 14.6 Å². The Morgan fingerprint density at radius 1 is 1.62 bits per heavy atom. The van der Waals surface area contributed by atoms with Gasteiger partial charge in [0.2, 0.25) is 0 Å². The van der Waals surface area contributed by atoms with E-state index in [0.29, 0.717) is 15.7 Å². The van der Waals surface area contributed by atoms with Gasteiger partial charge in [-0.15, -0.1) is 0 Å². The normalized spacial score (nSPS) is 12.6. The van der Waals surface area contributed by atoms with E-state index in [1.54, 1.807) is 6.92 Å². The smallest absolute Gasteiger partial charge is 0.128 e. The fourth-order valence-corrected chi connectivity index (χ4v) is 2.05. The first kappa shape index (κ1) is 13.7. The second-order valence-corrected chi connectivity index (χ2v) is 4.57.